The molecule has 2 N–H and O–H groups in total. The van der Waals surface area contributed by atoms with E-state index in [4.69, 9.17) is 4.98 Å². The molecule has 3 heterocycles. The van der Waals surface area contributed by atoms with E-state index in [1.54, 1.807) is 43.1 Å². The summed E-state index contributed by atoms with van der Waals surface area (Å²) >= 11 is 0. The molecule has 7 nitrogen and oxygen atoms in total. The summed E-state index contributed by atoms with van der Waals surface area (Å²) in [7, 11) is 0. The summed E-state index contributed by atoms with van der Waals surface area (Å²) in [6.07, 6.45) is -0.192. The number of piperidine rings is 1. The van der Waals surface area contributed by atoms with Crippen LogP contribution in [0, 0.1) is 25.7 Å². The van der Waals surface area contributed by atoms with Gasteiger partial charge in [-0.15, -0.1) is 0 Å². The van der Waals surface area contributed by atoms with Crippen LogP contribution in [0.4, 0.5) is 29.1 Å². The average molecular weight is 533 g/mol. The third kappa shape index (κ3) is 4.37. The van der Waals surface area contributed by atoms with Crippen molar-refractivity contribution in [1.29, 1.82) is 0 Å². The number of rotatable bonds is 5. The van der Waals surface area contributed by atoms with E-state index in [2.05, 4.69) is 5.32 Å². The molecule has 2 fully saturated rings. The van der Waals surface area contributed by atoms with Gasteiger partial charge in [0.15, 0.2) is 0 Å². The Bertz CT molecular complexity index is 1470. The third-order valence-corrected chi connectivity index (χ3v) is 7.64. The Balaban J connectivity index is 1.58. The number of nitrogens with one attached hydrogen (secondary N) is 1. The van der Waals surface area contributed by atoms with E-state index in [9.17, 15) is 32.3 Å². The summed E-state index contributed by atoms with van der Waals surface area (Å²) in [5.74, 6) is -10.3. The summed E-state index contributed by atoms with van der Waals surface area (Å²) in [6.45, 7) is 4.51. The molecular formula is C27H28F4N4O3. The molecule has 1 aliphatic heterocycles. The maximum atomic E-state index is 14.8. The van der Waals surface area contributed by atoms with Crippen LogP contribution in [-0.2, 0) is 0 Å². The lowest BCUT2D eigenvalue weighted by Gasteiger charge is -2.49. The van der Waals surface area contributed by atoms with Gasteiger partial charge in [0.1, 0.15) is 11.5 Å². The second kappa shape index (κ2) is 8.99. The fourth-order valence-corrected chi connectivity index (χ4v) is 5.78. The van der Waals surface area contributed by atoms with Gasteiger partial charge in [0.2, 0.25) is 5.92 Å². The minimum absolute atomic E-state index is 0.0792. The SMILES string of the molecule is Cc1cc([C@@H](C)Nc2ccccc2C(=O)O)c2nc(N3CC4CC(F)(F)CC(C3)C4(F)F)c(C)c(=O)n2c1. The molecular weight excluding hydrogens is 504 g/mol. The van der Waals surface area contributed by atoms with E-state index in [-0.39, 0.29) is 41.2 Å². The Morgan fingerprint density at radius 3 is 2.39 bits per heavy atom. The summed E-state index contributed by atoms with van der Waals surface area (Å²) in [5, 5.41) is 12.7. The van der Waals surface area contributed by atoms with E-state index < -0.39 is 48.5 Å². The number of pyridine rings is 1. The van der Waals surface area contributed by atoms with E-state index in [1.807, 2.05) is 13.0 Å². The van der Waals surface area contributed by atoms with Crippen molar-refractivity contribution in [3.8, 4) is 0 Å². The molecule has 1 saturated carbocycles. The highest BCUT2D eigenvalue weighted by atomic mass is 19.3. The normalized spacial score (nSPS) is 22.8. The third-order valence-electron chi connectivity index (χ3n) is 7.64. The van der Waals surface area contributed by atoms with E-state index in [0.29, 0.717) is 11.3 Å². The minimum Gasteiger partial charge on any atom is -0.478 e. The first-order valence-electron chi connectivity index (χ1n) is 12.4. The van der Waals surface area contributed by atoms with E-state index >= 15 is 0 Å². The van der Waals surface area contributed by atoms with Crippen LogP contribution in [0.3, 0.4) is 0 Å². The first kappa shape index (κ1) is 26.0. The predicted octanol–water partition coefficient (Wildman–Crippen LogP) is 5.30. The van der Waals surface area contributed by atoms with Gasteiger partial charge in [-0.25, -0.2) is 27.3 Å². The van der Waals surface area contributed by atoms with E-state index in [0.717, 1.165) is 5.56 Å². The second-order valence-electron chi connectivity index (χ2n) is 10.5. The number of benzene rings is 1. The molecule has 3 aromatic rings. The van der Waals surface area contributed by atoms with Crippen molar-refractivity contribution in [1.82, 2.24) is 9.38 Å². The molecule has 2 aromatic heterocycles. The molecule has 5 rings (SSSR count). The fourth-order valence-electron chi connectivity index (χ4n) is 5.78. The van der Waals surface area contributed by atoms with Crippen molar-refractivity contribution in [3.05, 3.63) is 69.1 Å². The highest BCUT2D eigenvalue weighted by molar-refractivity contribution is 5.94. The zero-order valence-corrected chi connectivity index (χ0v) is 21.1. The average Bonchev–Trinajstić information content (AvgIpc) is 2.82. The number of nitrogens with zero attached hydrogens (tertiary/aromatic N) is 3. The standard InChI is InChI=1S/C27H28F4N4O3/c1-14-8-20(16(3)32-21-7-5-4-6-19(21)25(37)38)23-33-22(15(2)24(36)35(23)11-14)34-12-17-9-26(28,29)10-18(13-34)27(17,30)31/h4-8,11,16-18,32H,9-10,12-13H2,1-3H3,(H,37,38)/t16-,17?,18?/m1/s1. The number of alkyl halides is 4. The fraction of sp³-hybridized carbons (Fsp3) is 0.444. The first-order chi connectivity index (χ1) is 17.8. The van der Waals surface area contributed by atoms with Crippen LogP contribution in [0.5, 0.6) is 0 Å². The molecule has 2 aliphatic rings. The molecule has 202 valence electrons. The largest absolute Gasteiger partial charge is 0.478 e. The molecule has 0 radical (unpaired) electrons. The maximum absolute atomic E-state index is 14.8. The van der Waals surface area contributed by atoms with Crippen molar-refractivity contribution in [2.24, 2.45) is 11.8 Å². The number of carboxylic acids is 1. The van der Waals surface area contributed by atoms with Crippen LogP contribution in [0.1, 0.15) is 52.9 Å². The topological polar surface area (TPSA) is 86.9 Å². The van der Waals surface area contributed by atoms with Gasteiger partial charge in [0.25, 0.3) is 11.5 Å². The Morgan fingerprint density at radius 1 is 1.13 bits per heavy atom. The van der Waals surface area contributed by atoms with Gasteiger partial charge in [0.05, 0.1) is 17.2 Å². The monoisotopic (exact) mass is 532 g/mol. The highest BCUT2D eigenvalue weighted by Gasteiger charge is 2.61. The lowest BCUT2D eigenvalue weighted by molar-refractivity contribution is -0.204. The molecule has 2 unspecified atom stereocenters. The summed E-state index contributed by atoms with van der Waals surface area (Å²) in [6, 6.07) is 7.76. The number of hydrogen-bond acceptors (Lipinski definition) is 5. The summed E-state index contributed by atoms with van der Waals surface area (Å²) < 4.78 is 59.2. The number of fused-ring (bicyclic) bond motifs is 3. The molecule has 3 atom stereocenters. The summed E-state index contributed by atoms with van der Waals surface area (Å²) in [4.78, 5) is 31.4. The second-order valence-corrected chi connectivity index (χ2v) is 10.5. The van der Waals surface area contributed by atoms with Crippen molar-refractivity contribution in [2.45, 2.75) is 51.5 Å². The van der Waals surface area contributed by atoms with Crippen molar-refractivity contribution < 1.29 is 27.5 Å². The Hall–Kier alpha value is -3.63. The number of aryl methyl sites for hydroxylation is 1. The van der Waals surface area contributed by atoms with Crippen LogP contribution >= 0.6 is 0 Å². The number of carboxylic acid groups (broad SMARTS) is 1. The van der Waals surface area contributed by atoms with Crippen LogP contribution < -0.4 is 15.8 Å². The summed E-state index contributed by atoms with van der Waals surface area (Å²) in [5.41, 5.74) is 1.95. The molecule has 1 aliphatic carbocycles. The zero-order valence-electron chi connectivity index (χ0n) is 21.1. The van der Waals surface area contributed by atoms with Crippen LogP contribution in [0.2, 0.25) is 0 Å². The zero-order chi connectivity index (χ0) is 27.6. The smallest absolute Gasteiger partial charge is 0.337 e. The molecule has 11 heteroatoms. The number of aromatic nitrogens is 2. The number of carbonyl (C=O) groups is 1. The Kier molecular flexibility index (Phi) is 6.15. The molecule has 2 bridgehead atoms. The van der Waals surface area contributed by atoms with E-state index in [1.165, 1.54) is 10.5 Å². The highest BCUT2D eigenvalue weighted by Crippen LogP contribution is 2.52. The molecule has 38 heavy (non-hydrogen) atoms. The van der Waals surface area contributed by atoms with Gasteiger partial charge < -0.3 is 15.3 Å². The molecule has 1 aromatic carbocycles. The number of para-hydroxylation sites is 1. The van der Waals surface area contributed by atoms with Crippen LogP contribution in [0.25, 0.3) is 5.65 Å². The number of hydrogen-bond donors (Lipinski definition) is 2. The van der Waals surface area contributed by atoms with Gasteiger partial charge in [-0.1, -0.05) is 12.1 Å². The van der Waals surface area contributed by atoms with Crippen LogP contribution in [-0.4, -0.2) is 45.4 Å². The molecule has 0 spiro atoms. The van der Waals surface area contributed by atoms with Gasteiger partial charge in [-0.05, 0) is 44.5 Å². The lowest BCUT2D eigenvalue weighted by Crippen LogP contribution is -2.60. The first-order valence-corrected chi connectivity index (χ1v) is 12.4. The Morgan fingerprint density at radius 2 is 1.76 bits per heavy atom. The predicted molar refractivity (Wildman–Crippen MR) is 135 cm³/mol. The van der Waals surface area contributed by atoms with Crippen molar-refractivity contribution >= 4 is 23.1 Å². The lowest BCUT2D eigenvalue weighted by atomic mass is 9.72. The Labute approximate surface area is 216 Å². The maximum Gasteiger partial charge on any atom is 0.337 e. The minimum atomic E-state index is -3.21. The van der Waals surface area contributed by atoms with Crippen molar-refractivity contribution in [3.63, 3.8) is 0 Å². The van der Waals surface area contributed by atoms with Gasteiger partial charge >= 0.3 is 5.97 Å². The van der Waals surface area contributed by atoms with Crippen LogP contribution in [0.15, 0.2) is 41.3 Å². The van der Waals surface area contributed by atoms with Gasteiger partial charge in [0, 0.05) is 55.2 Å². The number of halogens is 4. The van der Waals surface area contributed by atoms with Gasteiger partial charge in [-0.2, -0.15) is 0 Å². The number of aromatic carboxylic acids is 1. The van der Waals surface area contributed by atoms with Gasteiger partial charge in [-0.3, -0.25) is 9.20 Å². The number of anilines is 2. The molecule has 1 saturated heterocycles. The van der Waals surface area contributed by atoms with Crippen molar-refractivity contribution in [2.75, 3.05) is 23.3 Å². The molecule has 0 amide bonds. The quantitative estimate of drug-likeness (QED) is 0.434.